The molecule has 0 saturated carbocycles. The lowest BCUT2D eigenvalue weighted by Crippen LogP contribution is -2.32. The number of likely N-dealkylation sites (tertiary alicyclic amines) is 1. The lowest BCUT2D eigenvalue weighted by Gasteiger charge is -2.12. The Labute approximate surface area is 130 Å². The fourth-order valence-electron chi connectivity index (χ4n) is 2.38. The average molecular weight is 307 g/mol. The number of nitrogens with one attached hydrogen (secondary N) is 1. The summed E-state index contributed by atoms with van der Waals surface area (Å²) in [5, 5.41) is 21.1. The lowest BCUT2D eigenvalue weighted by atomic mass is 10.1. The van der Waals surface area contributed by atoms with E-state index >= 15 is 0 Å². The van der Waals surface area contributed by atoms with E-state index in [1.165, 1.54) is 18.2 Å². The summed E-state index contributed by atoms with van der Waals surface area (Å²) in [5.41, 5.74) is 0.0732. The molecule has 1 aromatic rings. The van der Waals surface area contributed by atoms with Crippen LogP contribution in [0.5, 0.6) is 5.75 Å². The summed E-state index contributed by atoms with van der Waals surface area (Å²) in [4.78, 5) is 13.8. The van der Waals surface area contributed by atoms with Gasteiger partial charge in [-0.3, -0.25) is 9.69 Å². The molecular weight excluding hydrogens is 285 g/mol. The van der Waals surface area contributed by atoms with E-state index in [0.717, 1.165) is 0 Å². The van der Waals surface area contributed by atoms with Gasteiger partial charge in [0, 0.05) is 18.7 Å². The van der Waals surface area contributed by atoms with Crippen LogP contribution in [0.15, 0.2) is 18.2 Å². The smallest absolute Gasteiger partial charge is 0.224 e. The predicted octanol–water partition coefficient (Wildman–Crippen LogP) is 2.02. The highest BCUT2D eigenvalue weighted by Crippen LogP contribution is 2.22. The van der Waals surface area contributed by atoms with Crippen LogP contribution in [0.1, 0.15) is 25.8 Å². The van der Waals surface area contributed by atoms with Gasteiger partial charge in [-0.05, 0) is 25.6 Å². The van der Waals surface area contributed by atoms with Crippen LogP contribution < -0.4 is 5.32 Å². The number of nitriles is 1. The maximum atomic E-state index is 13.5. The third kappa shape index (κ3) is 4.18. The number of phenolic OH excluding ortho intramolecular Hbond substituents is 1. The van der Waals surface area contributed by atoms with E-state index < -0.39 is 5.82 Å². The van der Waals surface area contributed by atoms with Crippen LogP contribution >= 0.6 is 0 Å². The van der Waals surface area contributed by atoms with Gasteiger partial charge in [-0.25, -0.2) is 4.39 Å². The molecular formula is C16H22FN3O2. The highest BCUT2D eigenvalue weighted by Gasteiger charge is 2.33. The minimum Gasteiger partial charge on any atom is -0.507 e. The number of phenols is 1. The standard InChI is InChI=1S/C14H16FN3O2.C2H6/c1-18-8-9(5-10(18)6-16)14(20)17-7-11-12(15)3-2-4-13(11)19;1-2/h2-4,9-10,19H,5,7-8H2,1H3,(H,17,20);1-2H3. The summed E-state index contributed by atoms with van der Waals surface area (Å²) in [7, 11) is 1.80. The Hall–Kier alpha value is -2.13. The molecule has 5 nitrogen and oxygen atoms in total. The molecule has 1 saturated heterocycles. The Morgan fingerprint density at radius 2 is 2.23 bits per heavy atom. The SMILES string of the molecule is CC.CN1CC(C(=O)NCc2c(O)cccc2F)CC1C#N. The van der Waals surface area contributed by atoms with E-state index in [1.54, 1.807) is 7.05 Å². The number of hydrogen-bond donors (Lipinski definition) is 2. The number of carbonyl (C=O) groups is 1. The van der Waals surface area contributed by atoms with Crippen molar-refractivity contribution in [3.8, 4) is 11.8 Å². The molecule has 0 radical (unpaired) electrons. The van der Waals surface area contributed by atoms with Crippen LogP contribution in [0.3, 0.4) is 0 Å². The second kappa shape index (κ2) is 8.35. The van der Waals surface area contributed by atoms with Crippen molar-refractivity contribution < 1.29 is 14.3 Å². The van der Waals surface area contributed by atoms with Gasteiger partial charge in [0.1, 0.15) is 11.6 Å². The van der Waals surface area contributed by atoms with E-state index in [0.29, 0.717) is 13.0 Å². The third-order valence-corrected chi connectivity index (χ3v) is 3.60. The molecule has 1 heterocycles. The zero-order valence-electron chi connectivity index (χ0n) is 13.1. The molecule has 1 aliphatic heterocycles. The number of carbonyl (C=O) groups excluding carboxylic acids is 1. The molecule has 2 atom stereocenters. The molecule has 120 valence electrons. The molecule has 2 rings (SSSR count). The summed E-state index contributed by atoms with van der Waals surface area (Å²) < 4.78 is 13.5. The number of benzene rings is 1. The molecule has 22 heavy (non-hydrogen) atoms. The van der Waals surface area contributed by atoms with E-state index in [4.69, 9.17) is 5.26 Å². The predicted molar refractivity (Wildman–Crippen MR) is 81.4 cm³/mol. The first-order valence-corrected chi connectivity index (χ1v) is 7.37. The van der Waals surface area contributed by atoms with Crippen molar-refractivity contribution in [2.24, 2.45) is 5.92 Å². The van der Waals surface area contributed by atoms with Crippen LogP contribution in [0, 0.1) is 23.1 Å². The molecule has 1 aromatic carbocycles. The number of hydrogen-bond acceptors (Lipinski definition) is 4. The van der Waals surface area contributed by atoms with E-state index in [9.17, 15) is 14.3 Å². The van der Waals surface area contributed by atoms with Crippen molar-refractivity contribution in [2.45, 2.75) is 32.9 Å². The largest absolute Gasteiger partial charge is 0.507 e. The fourth-order valence-corrected chi connectivity index (χ4v) is 2.38. The summed E-state index contributed by atoms with van der Waals surface area (Å²) in [5.74, 6) is -1.23. The fraction of sp³-hybridized carbons (Fsp3) is 0.500. The minimum absolute atomic E-state index is 0.0607. The zero-order chi connectivity index (χ0) is 16.7. The van der Waals surface area contributed by atoms with Crippen molar-refractivity contribution in [3.63, 3.8) is 0 Å². The van der Waals surface area contributed by atoms with Crippen LogP contribution in [-0.2, 0) is 11.3 Å². The molecule has 1 aliphatic rings. The van der Waals surface area contributed by atoms with Gasteiger partial charge in [-0.15, -0.1) is 0 Å². The van der Waals surface area contributed by atoms with Gasteiger partial charge in [-0.2, -0.15) is 5.26 Å². The lowest BCUT2D eigenvalue weighted by molar-refractivity contribution is -0.124. The second-order valence-electron chi connectivity index (χ2n) is 4.97. The second-order valence-corrected chi connectivity index (χ2v) is 4.97. The highest BCUT2D eigenvalue weighted by atomic mass is 19.1. The van der Waals surface area contributed by atoms with Gasteiger partial charge < -0.3 is 10.4 Å². The van der Waals surface area contributed by atoms with Crippen molar-refractivity contribution in [2.75, 3.05) is 13.6 Å². The quantitative estimate of drug-likeness (QED) is 0.895. The normalized spacial score (nSPS) is 20.7. The van der Waals surface area contributed by atoms with Crippen LogP contribution in [0.2, 0.25) is 0 Å². The van der Waals surface area contributed by atoms with Gasteiger partial charge >= 0.3 is 0 Å². The molecule has 0 bridgehead atoms. The van der Waals surface area contributed by atoms with Crippen molar-refractivity contribution in [3.05, 3.63) is 29.6 Å². The topological polar surface area (TPSA) is 76.4 Å². The van der Waals surface area contributed by atoms with Crippen LogP contribution in [0.25, 0.3) is 0 Å². The van der Waals surface area contributed by atoms with Crippen LogP contribution in [0.4, 0.5) is 4.39 Å². The van der Waals surface area contributed by atoms with Gasteiger partial charge in [0.25, 0.3) is 0 Å². The number of halogens is 1. The molecule has 6 heteroatoms. The summed E-state index contributed by atoms with van der Waals surface area (Å²) in [6.45, 7) is 4.45. The number of rotatable bonds is 3. The van der Waals surface area contributed by atoms with Crippen molar-refractivity contribution >= 4 is 5.91 Å². The van der Waals surface area contributed by atoms with Crippen LogP contribution in [-0.4, -0.2) is 35.5 Å². The number of nitrogens with zero attached hydrogens (tertiary/aromatic N) is 2. The Morgan fingerprint density at radius 3 is 2.77 bits per heavy atom. The molecule has 1 fully saturated rings. The van der Waals surface area contributed by atoms with E-state index in [-0.39, 0.29) is 35.7 Å². The molecule has 0 aromatic heterocycles. The van der Waals surface area contributed by atoms with Crippen molar-refractivity contribution in [1.29, 1.82) is 5.26 Å². The molecule has 2 unspecified atom stereocenters. The Bertz CT molecular complexity index is 537. The summed E-state index contributed by atoms with van der Waals surface area (Å²) >= 11 is 0. The van der Waals surface area contributed by atoms with Gasteiger partial charge in [0.2, 0.25) is 5.91 Å². The van der Waals surface area contributed by atoms with Crippen molar-refractivity contribution in [1.82, 2.24) is 10.2 Å². The monoisotopic (exact) mass is 307 g/mol. The molecule has 2 N–H and O–H groups in total. The highest BCUT2D eigenvalue weighted by molar-refractivity contribution is 5.79. The van der Waals surface area contributed by atoms with E-state index in [2.05, 4.69) is 11.4 Å². The number of amides is 1. The average Bonchev–Trinajstić information content (AvgIpc) is 2.90. The van der Waals surface area contributed by atoms with Gasteiger partial charge in [0.15, 0.2) is 0 Å². The first-order valence-electron chi connectivity index (χ1n) is 7.37. The molecule has 0 aliphatic carbocycles. The van der Waals surface area contributed by atoms with Gasteiger partial charge in [-0.1, -0.05) is 19.9 Å². The first kappa shape index (κ1) is 17.9. The maximum absolute atomic E-state index is 13.5. The minimum atomic E-state index is -0.552. The van der Waals surface area contributed by atoms with E-state index in [1.807, 2.05) is 18.7 Å². The first-order chi connectivity index (χ1) is 10.5. The Morgan fingerprint density at radius 1 is 1.55 bits per heavy atom. The molecule has 1 amide bonds. The number of aromatic hydroxyl groups is 1. The Kier molecular flexibility index (Phi) is 6.80. The van der Waals surface area contributed by atoms with Gasteiger partial charge in [0.05, 0.1) is 18.0 Å². The Balaban J connectivity index is 0.00000116. The maximum Gasteiger partial charge on any atom is 0.224 e. The third-order valence-electron chi connectivity index (χ3n) is 3.60. The molecule has 0 spiro atoms. The zero-order valence-corrected chi connectivity index (χ0v) is 13.1. The summed E-state index contributed by atoms with van der Waals surface area (Å²) in [6, 6.07) is 5.89. The summed E-state index contributed by atoms with van der Waals surface area (Å²) in [6.07, 6.45) is 0.474.